The van der Waals surface area contributed by atoms with E-state index in [1.165, 1.54) is 0 Å². The molecule has 1 aromatic heterocycles. The van der Waals surface area contributed by atoms with Crippen LogP contribution in [0.5, 0.6) is 0 Å². The molecule has 0 aromatic carbocycles. The normalized spacial score (nSPS) is 17.5. The molecule has 2 heterocycles. The Balaban J connectivity index is 2.14. The fraction of sp³-hybridized carbons (Fsp3) is 0.556. The highest BCUT2D eigenvalue weighted by Gasteiger charge is 2.10. The molecule has 1 aromatic rings. The first-order valence-corrected chi connectivity index (χ1v) is 4.60. The van der Waals surface area contributed by atoms with Gasteiger partial charge < -0.3 is 10.2 Å². The Labute approximate surface area is 78.0 Å². The third-order valence-corrected chi connectivity index (χ3v) is 2.23. The van der Waals surface area contributed by atoms with Crippen molar-refractivity contribution in [1.29, 1.82) is 0 Å². The number of rotatable bonds is 1. The molecule has 1 N–H and O–H groups in total. The molecule has 0 spiro atoms. The number of anilines is 1. The number of nitrogens with zero attached hydrogens (tertiary/aromatic N) is 3. The molecule has 4 heteroatoms. The van der Waals surface area contributed by atoms with Gasteiger partial charge in [0.2, 0.25) is 0 Å². The molecule has 2 rings (SSSR count). The van der Waals surface area contributed by atoms with E-state index in [0.717, 1.165) is 37.7 Å². The van der Waals surface area contributed by atoms with Crippen molar-refractivity contribution >= 4 is 5.82 Å². The highest BCUT2D eigenvalue weighted by Crippen LogP contribution is 2.10. The van der Waals surface area contributed by atoms with Crippen LogP contribution in [0.3, 0.4) is 0 Å². The highest BCUT2D eigenvalue weighted by atomic mass is 15.2. The van der Waals surface area contributed by atoms with Crippen molar-refractivity contribution in [3.05, 3.63) is 18.1 Å². The fourth-order valence-corrected chi connectivity index (χ4v) is 1.51. The number of aromatic nitrogens is 2. The number of hydrogen-bond acceptors (Lipinski definition) is 4. The summed E-state index contributed by atoms with van der Waals surface area (Å²) < 4.78 is 0. The van der Waals surface area contributed by atoms with Gasteiger partial charge >= 0.3 is 0 Å². The van der Waals surface area contributed by atoms with Gasteiger partial charge in [-0.1, -0.05) is 0 Å². The van der Waals surface area contributed by atoms with Crippen molar-refractivity contribution in [2.45, 2.75) is 6.92 Å². The minimum Gasteiger partial charge on any atom is -0.354 e. The Morgan fingerprint density at radius 2 is 2.08 bits per heavy atom. The number of nitrogens with one attached hydrogen (secondary N) is 1. The average molecular weight is 178 g/mol. The molecule has 0 bridgehead atoms. The molecule has 0 unspecified atom stereocenters. The average Bonchev–Trinajstić information content (AvgIpc) is 2.19. The van der Waals surface area contributed by atoms with Crippen LogP contribution in [0.1, 0.15) is 5.69 Å². The lowest BCUT2D eigenvalue weighted by molar-refractivity contribution is 0.584. The van der Waals surface area contributed by atoms with E-state index in [1.54, 1.807) is 6.33 Å². The van der Waals surface area contributed by atoms with Crippen LogP contribution in [-0.4, -0.2) is 36.1 Å². The van der Waals surface area contributed by atoms with E-state index in [2.05, 4.69) is 20.2 Å². The first-order chi connectivity index (χ1) is 6.36. The van der Waals surface area contributed by atoms with Gasteiger partial charge in [0.1, 0.15) is 12.1 Å². The quantitative estimate of drug-likeness (QED) is 0.666. The smallest absolute Gasteiger partial charge is 0.132 e. The fourth-order valence-electron chi connectivity index (χ4n) is 1.51. The minimum absolute atomic E-state index is 1.03. The molecule has 1 fully saturated rings. The van der Waals surface area contributed by atoms with E-state index in [1.807, 2.05) is 13.0 Å². The number of hydrogen-bond donors (Lipinski definition) is 1. The van der Waals surface area contributed by atoms with Crippen LogP contribution in [0.2, 0.25) is 0 Å². The van der Waals surface area contributed by atoms with Gasteiger partial charge in [-0.3, -0.25) is 0 Å². The van der Waals surface area contributed by atoms with Crippen molar-refractivity contribution in [3.8, 4) is 0 Å². The summed E-state index contributed by atoms with van der Waals surface area (Å²) in [7, 11) is 0. The van der Waals surface area contributed by atoms with Crippen molar-refractivity contribution in [2.24, 2.45) is 0 Å². The first kappa shape index (κ1) is 8.44. The van der Waals surface area contributed by atoms with Gasteiger partial charge in [0.25, 0.3) is 0 Å². The number of piperazine rings is 1. The van der Waals surface area contributed by atoms with E-state index >= 15 is 0 Å². The maximum absolute atomic E-state index is 4.25. The van der Waals surface area contributed by atoms with E-state index in [4.69, 9.17) is 0 Å². The van der Waals surface area contributed by atoms with Crippen LogP contribution in [0.15, 0.2) is 12.4 Å². The lowest BCUT2D eigenvalue weighted by Crippen LogP contribution is -2.43. The van der Waals surface area contributed by atoms with Gasteiger partial charge in [-0.2, -0.15) is 0 Å². The minimum atomic E-state index is 1.03. The maximum Gasteiger partial charge on any atom is 0.132 e. The monoisotopic (exact) mass is 178 g/mol. The summed E-state index contributed by atoms with van der Waals surface area (Å²) in [5.74, 6) is 1.05. The van der Waals surface area contributed by atoms with E-state index in [9.17, 15) is 0 Å². The van der Waals surface area contributed by atoms with Crippen molar-refractivity contribution in [2.75, 3.05) is 31.1 Å². The zero-order valence-corrected chi connectivity index (χ0v) is 7.82. The second-order valence-electron chi connectivity index (χ2n) is 3.25. The Kier molecular flexibility index (Phi) is 2.40. The van der Waals surface area contributed by atoms with Gasteiger partial charge in [-0.25, -0.2) is 9.97 Å². The molecule has 0 saturated carbocycles. The second-order valence-corrected chi connectivity index (χ2v) is 3.25. The van der Waals surface area contributed by atoms with E-state index in [0.29, 0.717) is 0 Å². The Morgan fingerprint density at radius 3 is 2.77 bits per heavy atom. The predicted molar refractivity (Wildman–Crippen MR) is 51.9 cm³/mol. The summed E-state index contributed by atoms with van der Waals surface area (Å²) in [5, 5.41) is 3.31. The molecule has 13 heavy (non-hydrogen) atoms. The summed E-state index contributed by atoms with van der Waals surface area (Å²) >= 11 is 0. The molecular formula is C9H14N4. The van der Waals surface area contributed by atoms with Crippen molar-refractivity contribution in [3.63, 3.8) is 0 Å². The molecule has 0 radical (unpaired) electrons. The van der Waals surface area contributed by atoms with Crippen molar-refractivity contribution < 1.29 is 0 Å². The SMILES string of the molecule is Cc1cc(N2CCNCC2)ncn1. The molecule has 0 amide bonds. The molecule has 0 atom stereocenters. The lowest BCUT2D eigenvalue weighted by atomic mass is 10.3. The summed E-state index contributed by atoms with van der Waals surface area (Å²) in [4.78, 5) is 10.6. The van der Waals surface area contributed by atoms with Gasteiger partial charge in [-0.15, -0.1) is 0 Å². The predicted octanol–water partition coefficient (Wildman–Crippen LogP) is 0.195. The molecular weight excluding hydrogens is 164 g/mol. The Bertz CT molecular complexity index is 281. The molecule has 0 aliphatic carbocycles. The maximum atomic E-state index is 4.25. The van der Waals surface area contributed by atoms with Crippen LogP contribution >= 0.6 is 0 Å². The van der Waals surface area contributed by atoms with Crippen LogP contribution in [-0.2, 0) is 0 Å². The summed E-state index contributed by atoms with van der Waals surface area (Å²) in [6, 6.07) is 2.03. The molecule has 1 saturated heterocycles. The lowest BCUT2D eigenvalue weighted by Gasteiger charge is -2.28. The third-order valence-electron chi connectivity index (χ3n) is 2.23. The molecule has 1 aliphatic rings. The van der Waals surface area contributed by atoms with E-state index < -0.39 is 0 Å². The van der Waals surface area contributed by atoms with Crippen LogP contribution < -0.4 is 10.2 Å². The summed E-state index contributed by atoms with van der Waals surface area (Å²) in [6.07, 6.45) is 1.63. The van der Waals surface area contributed by atoms with Crippen LogP contribution in [0.4, 0.5) is 5.82 Å². The zero-order chi connectivity index (χ0) is 9.10. The topological polar surface area (TPSA) is 41.0 Å². The largest absolute Gasteiger partial charge is 0.354 e. The van der Waals surface area contributed by atoms with Gasteiger partial charge in [0.05, 0.1) is 0 Å². The van der Waals surface area contributed by atoms with Crippen LogP contribution in [0, 0.1) is 6.92 Å². The molecule has 1 aliphatic heterocycles. The van der Waals surface area contributed by atoms with Crippen molar-refractivity contribution in [1.82, 2.24) is 15.3 Å². The summed E-state index contributed by atoms with van der Waals surface area (Å²) in [5.41, 5.74) is 1.03. The second kappa shape index (κ2) is 3.70. The van der Waals surface area contributed by atoms with Gasteiger partial charge in [0, 0.05) is 37.9 Å². The first-order valence-electron chi connectivity index (χ1n) is 4.60. The Hall–Kier alpha value is -1.16. The highest BCUT2D eigenvalue weighted by molar-refractivity contribution is 5.39. The third kappa shape index (κ3) is 1.95. The number of aryl methyl sites for hydroxylation is 1. The standard InChI is InChI=1S/C9H14N4/c1-8-6-9(12-7-11-8)13-4-2-10-3-5-13/h6-7,10H,2-5H2,1H3. The molecule has 70 valence electrons. The molecule has 4 nitrogen and oxygen atoms in total. The van der Waals surface area contributed by atoms with Crippen LogP contribution in [0.25, 0.3) is 0 Å². The van der Waals surface area contributed by atoms with Gasteiger partial charge in [0.15, 0.2) is 0 Å². The Morgan fingerprint density at radius 1 is 1.31 bits per heavy atom. The summed E-state index contributed by atoms with van der Waals surface area (Å²) in [6.45, 7) is 6.16. The van der Waals surface area contributed by atoms with E-state index in [-0.39, 0.29) is 0 Å². The zero-order valence-electron chi connectivity index (χ0n) is 7.82. The van der Waals surface area contributed by atoms with Gasteiger partial charge in [-0.05, 0) is 6.92 Å².